The summed E-state index contributed by atoms with van der Waals surface area (Å²) in [5, 5.41) is 0. The van der Waals surface area contributed by atoms with E-state index < -0.39 is 0 Å². The Labute approximate surface area is 168 Å². The minimum absolute atomic E-state index is 0.0972. The number of amides is 2. The van der Waals surface area contributed by atoms with Crippen LogP contribution in [0.3, 0.4) is 0 Å². The molecule has 0 radical (unpaired) electrons. The van der Waals surface area contributed by atoms with Crippen LogP contribution in [0.25, 0.3) is 0 Å². The van der Waals surface area contributed by atoms with E-state index in [1.165, 1.54) is 31.2 Å². The predicted octanol–water partition coefficient (Wildman–Crippen LogP) is 3.58. The van der Waals surface area contributed by atoms with E-state index >= 15 is 0 Å². The smallest absolute Gasteiger partial charge is 0.223 e. The van der Waals surface area contributed by atoms with Crippen molar-refractivity contribution in [2.45, 2.75) is 69.9 Å². The van der Waals surface area contributed by atoms with Crippen LogP contribution in [0.1, 0.15) is 63.4 Å². The van der Waals surface area contributed by atoms with Crippen molar-refractivity contribution in [2.75, 3.05) is 20.2 Å². The molecule has 152 valence electrons. The molecule has 3 fully saturated rings. The molecule has 2 aliphatic heterocycles. The number of carbonyl (C=O) groups excluding carboxylic acids is 2. The highest BCUT2D eigenvalue weighted by Crippen LogP contribution is 2.41. The maximum Gasteiger partial charge on any atom is 0.223 e. The van der Waals surface area contributed by atoms with Crippen LogP contribution >= 0.6 is 0 Å². The van der Waals surface area contributed by atoms with E-state index in [-0.39, 0.29) is 23.9 Å². The van der Waals surface area contributed by atoms with Gasteiger partial charge in [0.25, 0.3) is 0 Å². The molecular weight excluding hydrogens is 352 g/mol. The van der Waals surface area contributed by atoms with Gasteiger partial charge in [-0.3, -0.25) is 9.59 Å². The van der Waals surface area contributed by atoms with Crippen molar-refractivity contribution >= 4 is 11.8 Å². The zero-order valence-corrected chi connectivity index (χ0v) is 17.1. The SMILES string of the molecule is COc1ccc([C@H]2CN(C(C)=O)[C@@H]3CCCN(C(=O)CC4CCCC4)[C@H]23)cc1. The Morgan fingerprint density at radius 2 is 1.75 bits per heavy atom. The lowest BCUT2D eigenvalue weighted by atomic mass is 9.85. The topological polar surface area (TPSA) is 49.9 Å². The number of fused-ring (bicyclic) bond motifs is 1. The third-order valence-electron chi connectivity index (χ3n) is 7.07. The number of rotatable bonds is 4. The summed E-state index contributed by atoms with van der Waals surface area (Å²) in [5.74, 6) is 1.98. The van der Waals surface area contributed by atoms with Gasteiger partial charge in [0.2, 0.25) is 11.8 Å². The molecule has 2 saturated heterocycles. The minimum atomic E-state index is 0.0972. The fourth-order valence-corrected chi connectivity index (χ4v) is 5.66. The Bertz CT molecular complexity index is 711. The molecule has 2 amide bonds. The first kappa shape index (κ1) is 19.3. The molecule has 3 atom stereocenters. The maximum absolute atomic E-state index is 13.3. The molecule has 5 heteroatoms. The van der Waals surface area contributed by atoms with Gasteiger partial charge in [0.1, 0.15) is 5.75 Å². The summed E-state index contributed by atoms with van der Waals surface area (Å²) in [6.07, 6.45) is 7.55. The summed E-state index contributed by atoms with van der Waals surface area (Å²) in [6, 6.07) is 8.39. The maximum atomic E-state index is 13.3. The van der Waals surface area contributed by atoms with Gasteiger partial charge >= 0.3 is 0 Å². The molecule has 0 aromatic heterocycles. The first-order valence-corrected chi connectivity index (χ1v) is 10.8. The van der Waals surface area contributed by atoms with Gasteiger partial charge in [-0.1, -0.05) is 25.0 Å². The summed E-state index contributed by atoms with van der Waals surface area (Å²) >= 11 is 0. The molecule has 1 saturated carbocycles. The van der Waals surface area contributed by atoms with Crippen molar-refractivity contribution in [2.24, 2.45) is 5.92 Å². The monoisotopic (exact) mass is 384 g/mol. The van der Waals surface area contributed by atoms with E-state index in [2.05, 4.69) is 17.0 Å². The number of carbonyl (C=O) groups is 2. The standard InChI is InChI=1S/C23H32N2O3/c1-16(26)25-15-20(18-9-11-19(28-2)12-10-18)23-21(25)8-5-13-24(23)22(27)14-17-6-3-4-7-17/h9-12,17,20-21,23H,3-8,13-15H2,1-2H3/t20-,21-,23-/m1/s1. The molecular formula is C23H32N2O3. The van der Waals surface area contributed by atoms with Crippen LogP contribution in [0.4, 0.5) is 0 Å². The van der Waals surface area contributed by atoms with Gasteiger partial charge in [-0.2, -0.15) is 0 Å². The molecule has 1 aromatic rings. The molecule has 5 nitrogen and oxygen atoms in total. The Morgan fingerprint density at radius 1 is 1.04 bits per heavy atom. The molecule has 28 heavy (non-hydrogen) atoms. The molecule has 1 aromatic carbocycles. The summed E-state index contributed by atoms with van der Waals surface area (Å²) in [5.41, 5.74) is 1.19. The highest BCUT2D eigenvalue weighted by Gasteiger charge is 2.49. The van der Waals surface area contributed by atoms with Gasteiger partial charge in [-0.25, -0.2) is 0 Å². The van der Waals surface area contributed by atoms with E-state index in [9.17, 15) is 9.59 Å². The fraction of sp³-hybridized carbons (Fsp3) is 0.652. The predicted molar refractivity (Wildman–Crippen MR) is 108 cm³/mol. The molecule has 1 aliphatic carbocycles. The van der Waals surface area contributed by atoms with Crippen molar-refractivity contribution in [3.05, 3.63) is 29.8 Å². The molecule has 2 heterocycles. The van der Waals surface area contributed by atoms with Crippen LogP contribution in [0.15, 0.2) is 24.3 Å². The highest BCUT2D eigenvalue weighted by molar-refractivity contribution is 5.78. The van der Waals surface area contributed by atoms with Gasteiger partial charge in [0.05, 0.1) is 19.2 Å². The minimum Gasteiger partial charge on any atom is -0.497 e. The van der Waals surface area contributed by atoms with Crippen LogP contribution in [-0.2, 0) is 9.59 Å². The molecule has 0 unspecified atom stereocenters. The van der Waals surface area contributed by atoms with E-state index in [0.29, 0.717) is 24.8 Å². The molecule has 0 N–H and O–H groups in total. The molecule has 3 aliphatic rings. The lowest BCUT2D eigenvalue weighted by Crippen LogP contribution is -2.54. The van der Waals surface area contributed by atoms with Gasteiger partial charge in [0, 0.05) is 32.4 Å². The van der Waals surface area contributed by atoms with Crippen molar-refractivity contribution in [3.63, 3.8) is 0 Å². The average molecular weight is 385 g/mol. The Morgan fingerprint density at radius 3 is 2.39 bits per heavy atom. The van der Waals surface area contributed by atoms with E-state index in [4.69, 9.17) is 4.74 Å². The zero-order valence-electron chi connectivity index (χ0n) is 17.1. The van der Waals surface area contributed by atoms with Crippen molar-refractivity contribution in [1.29, 1.82) is 0 Å². The lowest BCUT2D eigenvalue weighted by molar-refractivity contribution is -0.139. The number of hydrogen-bond donors (Lipinski definition) is 0. The van der Waals surface area contributed by atoms with Crippen molar-refractivity contribution in [1.82, 2.24) is 9.80 Å². The first-order chi connectivity index (χ1) is 13.6. The van der Waals surface area contributed by atoms with Crippen molar-refractivity contribution < 1.29 is 14.3 Å². The number of likely N-dealkylation sites (tertiary alicyclic amines) is 2. The second-order valence-electron chi connectivity index (χ2n) is 8.69. The number of hydrogen-bond acceptors (Lipinski definition) is 3. The van der Waals surface area contributed by atoms with Crippen LogP contribution in [0.2, 0.25) is 0 Å². The largest absolute Gasteiger partial charge is 0.497 e. The quantitative estimate of drug-likeness (QED) is 0.797. The number of piperidine rings is 1. The van der Waals surface area contributed by atoms with Gasteiger partial charge in [-0.05, 0) is 49.3 Å². The average Bonchev–Trinajstić information content (AvgIpc) is 3.35. The van der Waals surface area contributed by atoms with Crippen molar-refractivity contribution in [3.8, 4) is 5.75 Å². The summed E-state index contributed by atoms with van der Waals surface area (Å²) in [6.45, 7) is 3.18. The third kappa shape index (κ3) is 3.63. The summed E-state index contributed by atoms with van der Waals surface area (Å²) in [7, 11) is 1.67. The molecule has 0 bridgehead atoms. The number of benzene rings is 1. The van der Waals surface area contributed by atoms with E-state index in [0.717, 1.165) is 25.1 Å². The van der Waals surface area contributed by atoms with Crippen LogP contribution in [0, 0.1) is 5.92 Å². The van der Waals surface area contributed by atoms with Crippen LogP contribution < -0.4 is 4.74 Å². The Hall–Kier alpha value is -2.04. The summed E-state index contributed by atoms with van der Waals surface area (Å²) in [4.78, 5) is 29.7. The second-order valence-corrected chi connectivity index (χ2v) is 8.69. The molecule has 0 spiro atoms. The Kier molecular flexibility index (Phi) is 5.61. The van der Waals surface area contributed by atoms with Crippen LogP contribution in [-0.4, -0.2) is 53.9 Å². The van der Waals surface area contributed by atoms with Gasteiger partial charge < -0.3 is 14.5 Å². The summed E-state index contributed by atoms with van der Waals surface area (Å²) < 4.78 is 5.30. The fourth-order valence-electron chi connectivity index (χ4n) is 5.66. The Balaban J connectivity index is 1.60. The van der Waals surface area contributed by atoms with Gasteiger partial charge in [-0.15, -0.1) is 0 Å². The number of methoxy groups -OCH3 is 1. The highest BCUT2D eigenvalue weighted by atomic mass is 16.5. The number of ether oxygens (including phenoxy) is 1. The zero-order chi connectivity index (χ0) is 19.7. The van der Waals surface area contributed by atoms with E-state index in [1.807, 2.05) is 17.0 Å². The van der Waals surface area contributed by atoms with E-state index in [1.54, 1.807) is 14.0 Å². The van der Waals surface area contributed by atoms with Gasteiger partial charge in [0.15, 0.2) is 0 Å². The molecule has 4 rings (SSSR count). The second kappa shape index (κ2) is 8.14. The third-order valence-corrected chi connectivity index (χ3v) is 7.07. The first-order valence-electron chi connectivity index (χ1n) is 10.8. The number of nitrogens with zero attached hydrogens (tertiary/aromatic N) is 2. The lowest BCUT2D eigenvalue weighted by Gasteiger charge is -2.42. The van der Waals surface area contributed by atoms with Crippen LogP contribution in [0.5, 0.6) is 5.75 Å². The normalized spacial score (nSPS) is 27.7.